The highest BCUT2D eigenvalue weighted by atomic mass is 32.2. The Morgan fingerprint density at radius 1 is 1.00 bits per heavy atom. The predicted molar refractivity (Wildman–Crippen MR) is 227 cm³/mol. The van der Waals surface area contributed by atoms with E-state index in [2.05, 4.69) is 27.8 Å². The lowest BCUT2D eigenvalue weighted by molar-refractivity contribution is -0.777. The normalized spacial score (nSPS) is 18.7. The van der Waals surface area contributed by atoms with Crippen LogP contribution in [-0.2, 0) is 49.5 Å². The lowest BCUT2D eigenvalue weighted by Gasteiger charge is -2.29. The van der Waals surface area contributed by atoms with Gasteiger partial charge >= 0.3 is 5.97 Å². The zero-order valence-corrected chi connectivity index (χ0v) is 35.0. The number of nitrogens with two attached hydrogens (primary N) is 1. The minimum absolute atomic E-state index is 0. The van der Waals surface area contributed by atoms with E-state index in [0.717, 1.165) is 57.4 Å². The zero-order chi connectivity index (χ0) is 41.8. The van der Waals surface area contributed by atoms with Crippen LogP contribution in [0, 0.1) is 0 Å². The molecule has 1 unspecified atom stereocenters. The molecule has 14 nitrogen and oxygen atoms in total. The summed E-state index contributed by atoms with van der Waals surface area (Å²) in [6.45, 7) is 12.9. The van der Waals surface area contributed by atoms with Crippen LogP contribution in [0.25, 0.3) is 0 Å². The third-order valence-electron chi connectivity index (χ3n) is 9.80. The molecule has 1 fully saturated rings. The van der Waals surface area contributed by atoms with E-state index >= 15 is 0 Å². The van der Waals surface area contributed by atoms with E-state index in [9.17, 15) is 32.6 Å². The number of fused-ring (bicyclic) bond motifs is 2. The van der Waals surface area contributed by atoms with E-state index in [4.69, 9.17) is 10.6 Å². The number of allylic oxidation sites excluding steroid dienone is 6. The van der Waals surface area contributed by atoms with Gasteiger partial charge in [-0.2, -0.15) is 17.3 Å². The third-order valence-corrected chi connectivity index (χ3v) is 11.2. The molecule has 2 aromatic carbocycles. The van der Waals surface area contributed by atoms with Crippen molar-refractivity contribution in [1.29, 1.82) is 0 Å². The van der Waals surface area contributed by atoms with Gasteiger partial charge in [0, 0.05) is 65.7 Å². The third kappa shape index (κ3) is 12.0. The summed E-state index contributed by atoms with van der Waals surface area (Å²) < 4.78 is 40.6. The van der Waals surface area contributed by atoms with Crippen LogP contribution in [0.2, 0.25) is 0 Å². The zero-order valence-electron chi connectivity index (χ0n) is 33.4. The van der Waals surface area contributed by atoms with Crippen molar-refractivity contribution in [2.75, 3.05) is 25.5 Å². The molecule has 58 heavy (non-hydrogen) atoms. The summed E-state index contributed by atoms with van der Waals surface area (Å²) in [6.07, 6.45) is 12.3. The van der Waals surface area contributed by atoms with Gasteiger partial charge < -0.3 is 20.7 Å². The molecule has 3 aliphatic rings. The maximum atomic E-state index is 12.3. The Labute approximate surface area is 349 Å². The standard InChI is InChI=1S/C36H41N3O10S2.C2H7N.C2H6.2CH4/c1-35(2)26-22-24(50-49-48-43)15-17-28(26)37(4)30(35)12-8-6-9-13-31-36(3,27-23-25(51(44,45)46)16-18-29(27)38(31)5)21-11-7-10-14-34(42)47-39-32(40)19-20-33(39)41;1-2-3;1-2;;/h6,8-9,12-13,15-18,22-23H,7,10-11,14,19-21H2,1-5H3,(H-,43,44,45,46);2-3H2,1H3;1-2H3;2*1H4. The van der Waals surface area contributed by atoms with E-state index in [1.54, 1.807) is 6.07 Å². The van der Waals surface area contributed by atoms with E-state index < -0.39 is 33.3 Å². The summed E-state index contributed by atoms with van der Waals surface area (Å²) in [7, 11) is -0.527. The highest BCUT2D eigenvalue weighted by Gasteiger charge is 2.44. The number of rotatable bonds is 14. The van der Waals surface area contributed by atoms with Crippen molar-refractivity contribution in [2.24, 2.45) is 5.73 Å². The SMILES string of the molecule is C.C.CC.CCN.CN1\C(=C/C=C/C=C/C2=[N+](C)c3ccc(SOO[O-])cc3C2(C)C)C(C)(CCCCCC(=O)ON2C(=O)CCC2=O)c2cc(S(=O)(=O)O)ccc21. The van der Waals surface area contributed by atoms with Gasteiger partial charge in [0.2, 0.25) is 5.69 Å². The van der Waals surface area contributed by atoms with Crippen LogP contribution >= 0.6 is 12.0 Å². The van der Waals surface area contributed by atoms with Crippen molar-refractivity contribution >= 4 is 57.0 Å². The fraction of sp³-hybridized carbons (Fsp3) is 0.476. The number of hydrogen-bond acceptors (Lipinski definition) is 12. The molecule has 0 aliphatic carbocycles. The van der Waals surface area contributed by atoms with Crippen LogP contribution in [0.5, 0.6) is 0 Å². The Morgan fingerprint density at radius 2 is 1.64 bits per heavy atom. The average Bonchev–Trinajstić information content (AvgIpc) is 3.66. The van der Waals surface area contributed by atoms with Crippen LogP contribution < -0.4 is 15.9 Å². The minimum Gasteiger partial charge on any atom is -0.691 e. The van der Waals surface area contributed by atoms with E-state index in [1.807, 2.05) is 95.3 Å². The number of hydrogen-bond donors (Lipinski definition) is 2. The Balaban J connectivity index is 0.00000229. The molecule has 322 valence electrons. The predicted octanol–water partition coefficient (Wildman–Crippen LogP) is 7.40. The first-order valence-corrected chi connectivity index (χ1v) is 20.8. The quantitative estimate of drug-likeness (QED) is 0.0280. The van der Waals surface area contributed by atoms with E-state index in [-0.39, 0.29) is 44.4 Å². The number of amides is 2. The number of likely N-dealkylation sites (N-methyl/N-ethyl adjacent to an activating group) is 1. The summed E-state index contributed by atoms with van der Waals surface area (Å²) in [4.78, 5) is 43.3. The highest BCUT2D eigenvalue weighted by Crippen LogP contribution is 2.50. The molecule has 3 heterocycles. The number of carbonyl (C=O) groups is 3. The summed E-state index contributed by atoms with van der Waals surface area (Å²) in [6, 6.07) is 10.4. The Hall–Kier alpha value is -4.16. The van der Waals surface area contributed by atoms with Gasteiger partial charge in [0.1, 0.15) is 7.05 Å². The number of carbonyl (C=O) groups excluding carboxylic acids is 3. The summed E-state index contributed by atoms with van der Waals surface area (Å²) in [5, 5.41) is 14.3. The summed E-state index contributed by atoms with van der Waals surface area (Å²) in [5.41, 5.74) is 9.56. The Morgan fingerprint density at radius 3 is 2.24 bits per heavy atom. The second-order valence-corrected chi connectivity index (χ2v) is 16.0. The summed E-state index contributed by atoms with van der Waals surface area (Å²) in [5.74, 6) is -1.69. The van der Waals surface area contributed by atoms with Gasteiger partial charge in [-0.1, -0.05) is 66.7 Å². The average molecular weight is 847 g/mol. The molecule has 0 radical (unpaired) electrons. The van der Waals surface area contributed by atoms with Gasteiger partial charge in [-0.25, -0.2) is 4.79 Å². The molecule has 16 heteroatoms. The van der Waals surface area contributed by atoms with Crippen LogP contribution in [0.3, 0.4) is 0 Å². The maximum absolute atomic E-state index is 12.3. The number of imide groups is 1. The Bertz CT molecular complexity index is 1980. The molecule has 1 atom stereocenters. The second kappa shape index (κ2) is 22.8. The van der Waals surface area contributed by atoms with E-state index in [0.29, 0.717) is 30.7 Å². The van der Waals surface area contributed by atoms with Crippen molar-refractivity contribution in [3.05, 3.63) is 83.6 Å². The van der Waals surface area contributed by atoms with Crippen LogP contribution in [-0.4, -0.2) is 66.7 Å². The van der Waals surface area contributed by atoms with Crippen LogP contribution in [0.4, 0.5) is 11.4 Å². The monoisotopic (exact) mass is 846 g/mol. The molecule has 2 aromatic rings. The molecule has 1 saturated heterocycles. The number of anilines is 1. The number of benzene rings is 2. The van der Waals surface area contributed by atoms with Crippen molar-refractivity contribution in [3.8, 4) is 0 Å². The van der Waals surface area contributed by atoms with Crippen molar-refractivity contribution < 1.29 is 51.4 Å². The smallest absolute Gasteiger partial charge is 0.333 e. The number of nitrogens with zero attached hydrogens (tertiary/aromatic N) is 3. The highest BCUT2D eigenvalue weighted by molar-refractivity contribution is 7.94. The van der Waals surface area contributed by atoms with Gasteiger partial charge in [-0.15, -0.1) is 5.06 Å². The first-order chi connectivity index (χ1) is 26.5. The number of hydroxylamine groups is 2. The van der Waals surface area contributed by atoms with Gasteiger partial charge in [0.15, 0.2) is 5.71 Å². The second-order valence-electron chi connectivity index (χ2n) is 13.8. The molecule has 3 N–H and O–H groups in total. The molecular weight excluding hydrogens is 785 g/mol. The van der Waals surface area contributed by atoms with Crippen LogP contribution in [0.1, 0.15) is 112 Å². The van der Waals surface area contributed by atoms with Gasteiger partial charge in [-0.3, -0.25) is 19.2 Å². The molecular formula is C42H62N4O10S2. The molecule has 0 spiro atoms. The molecule has 0 bridgehead atoms. The first-order valence-electron chi connectivity index (χ1n) is 18.6. The number of unbranched alkanes of at least 4 members (excludes halogenated alkanes) is 2. The van der Waals surface area contributed by atoms with Gasteiger partial charge in [-0.05, 0) is 82.1 Å². The minimum atomic E-state index is -4.44. The molecule has 0 saturated carbocycles. The van der Waals surface area contributed by atoms with Crippen LogP contribution in [0.15, 0.2) is 82.3 Å². The van der Waals surface area contributed by atoms with Crippen molar-refractivity contribution in [3.63, 3.8) is 0 Å². The first kappa shape index (κ1) is 51.9. The maximum Gasteiger partial charge on any atom is 0.333 e. The molecule has 2 amide bonds. The van der Waals surface area contributed by atoms with E-state index in [1.165, 1.54) is 12.1 Å². The molecule has 0 aromatic heterocycles. The van der Waals surface area contributed by atoms with Gasteiger partial charge in [0.25, 0.3) is 21.9 Å². The fourth-order valence-corrected chi connectivity index (χ4v) is 8.02. The largest absolute Gasteiger partial charge is 0.691 e. The van der Waals surface area contributed by atoms with Crippen molar-refractivity contribution in [1.82, 2.24) is 5.06 Å². The lowest BCUT2D eigenvalue weighted by atomic mass is 9.77. The fourth-order valence-electron chi connectivity index (χ4n) is 7.11. The molecule has 3 aliphatic heterocycles. The molecule has 5 rings (SSSR count). The Kier molecular flexibility index (Phi) is 20.4. The summed E-state index contributed by atoms with van der Waals surface area (Å²) >= 11 is 0.852. The topological polar surface area (TPSA) is 192 Å². The van der Waals surface area contributed by atoms with Gasteiger partial charge in [0.05, 0.1) is 22.4 Å². The van der Waals surface area contributed by atoms with Crippen molar-refractivity contribution in [2.45, 2.75) is 122 Å². The lowest BCUT2D eigenvalue weighted by Crippen LogP contribution is -2.31.